The Bertz CT molecular complexity index is 903. The molecular weight excluding hydrogens is 1240 g/mol. The second kappa shape index (κ2) is 38.9. The van der Waals surface area contributed by atoms with Crippen molar-refractivity contribution in [2.75, 3.05) is 0 Å². The van der Waals surface area contributed by atoms with Crippen molar-refractivity contribution in [2.24, 2.45) is 0 Å². The smallest absolute Gasteiger partial charge is 0.547 e. The Labute approximate surface area is 411 Å². The van der Waals surface area contributed by atoms with Gasteiger partial charge in [-0.1, -0.05) is 0 Å². The standard InChI is InChI=1S/5C4H6O6.2Ba.2Sb/c5*5-1(3(7)8)2(6)4(9)10;;;;/h5*1-2,5-6H,(H,7,8)(H,9,10);;;;/q;;;;;2*+2;2*+3/p-10. The molecule has 10 N–H and O–H groups in total. The minimum Gasteiger partial charge on any atom is -0.547 e. The van der Waals surface area contributed by atoms with E-state index in [0.29, 0.717) is 0 Å². The second-order valence-corrected chi connectivity index (χ2v) is 7.64. The van der Waals surface area contributed by atoms with Crippen LogP contribution in [0.5, 0.6) is 0 Å². The van der Waals surface area contributed by atoms with Crippen LogP contribution in [-0.4, -0.2) is 318 Å². The van der Waals surface area contributed by atoms with Crippen molar-refractivity contribution >= 4 is 206 Å². The number of rotatable bonds is 15. The summed E-state index contributed by atoms with van der Waals surface area (Å²) in [6.07, 6.45) is -24.4. The first-order valence-corrected chi connectivity index (χ1v) is 11.2. The molecule has 34 heteroatoms. The first-order chi connectivity index (χ1) is 22.3. The largest absolute Gasteiger partial charge is 3.00 e. The Kier molecular flexibility index (Phi) is 53.4. The molecule has 0 aromatic heterocycles. The van der Waals surface area contributed by atoms with E-state index < -0.39 is 121 Å². The number of carbonyl (C=O) groups is 10. The van der Waals surface area contributed by atoms with Crippen LogP contribution in [0.4, 0.5) is 0 Å². The van der Waals surface area contributed by atoms with Crippen LogP contribution >= 0.6 is 0 Å². The van der Waals surface area contributed by atoms with Crippen molar-refractivity contribution in [3.8, 4) is 0 Å². The van der Waals surface area contributed by atoms with E-state index in [1.807, 2.05) is 0 Å². The molecule has 10 atom stereocenters. The molecule has 0 spiro atoms. The molecule has 0 aromatic rings. The number of hydrogen-bond donors (Lipinski definition) is 10. The van der Waals surface area contributed by atoms with Crippen LogP contribution in [0.3, 0.4) is 0 Å². The fourth-order valence-electron chi connectivity index (χ4n) is 1.29. The third kappa shape index (κ3) is 36.7. The topological polar surface area (TPSA) is 604 Å². The van der Waals surface area contributed by atoms with Gasteiger partial charge in [0, 0.05) is 0 Å². The van der Waals surface area contributed by atoms with E-state index in [4.69, 9.17) is 51.1 Å². The fourth-order valence-corrected chi connectivity index (χ4v) is 1.29. The zero-order chi connectivity index (χ0) is 41.5. The van der Waals surface area contributed by atoms with E-state index in [-0.39, 0.29) is 147 Å². The van der Waals surface area contributed by atoms with Crippen LogP contribution in [0.25, 0.3) is 0 Å². The Morgan fingerprint density at radius 2 is 0.259 bits per heavy atom. The van der Waals surface area contributed by atoms with Gasteiger partial charge in [0.25, 0.3) is 0 Å². The van der Waals surface area contributed by atoms with E-state index >= 15 is 0 Å². The third-order valence-corrected chi connectivity index (χ3v) is 3.91. The number of hydrogen-bond acceptors (Lipinski definition) is 30. The van der Waals surface area contributed by atoms with Crippen molar-refractivity contribution in [2.45, 2.75) is 61.0 Å². The molecule has 0 amide bonds. The summed E-state index contributed by atoms with van der Waals surface area (Å²) in [5.74, 6) is -20.6. The summed E-state index contributed by atoms with van der Waals surface area (Å²) in [6.45, 7) is 0. The summed E-state index contributed by atoms with van der Waals surface area (Å²) in [5.41, 5.74) is 0. The Hall–Kier alpha value is -0.921. The maximum Gasteiger partial charge on any atom is 3.00 e. The van der Waals surface area contributed by atoms with Crippen molar-refractivity contribution in [1.82, 2.24) is 0 Å². The summed E-state index contributed by atoms with van der Waals surface area (Å²) in [7, 11) is 0. The molecule has 0 aliphatic carbocycles. The van der Waals surface area contributed by atoms with Gasteiger partial charge in [0.05, 0.1) is 59.7 Å². The van der Waals surface area contributed by atoms with Gasteiger partial charge in [-0.3, -0.25) is 0 Å². The predicted molar refractivity (Wildman–Crippen MR) is 133 cm³/mol. The van der Waals surface area contributed by atoms with Gasteiger partial charge in [-0.15, -0.1) is 0 Å². The summed E-state index contributed by atoms with van der Waals surface area (Å²) >= 11 is 0. The molecule has 0 heterocycles. The van der Waals surface area contributed by atoms with Crippen LogP contribution < -0.4 is 51.1 Å². The molecule has 0 aliphatic heterocycles. The Balaban J connectivity index is -0.0000000657. The Morgan fingerprint density at radius 1 is 0.222 bits per heavy atom. The zero-order valence-electron chi connectivity index (χ0n) is 25.7. The van der Waals surface area contributed by atoms with Gasteiger partial charge in [-0.2, -0.15) is 0 Å². The number of carboxylic acid groups (broad SMARTS) is 10. The van der Waals surface area contributed by atoms with E-state index in [1.165, 1.54) is 0 Å². The minimum absolute atomic E-state index is 0. The molecule has 0 fully saturated rings. The summed E-state index contributed by atoms with van der Waals surface area (Å²) < 4.78 is 0. The number of aliphatic carboxylic acids is 10. The first kappa shape index (κ1) is 74.1. The van der Waals surface area contributed by atoms with E-state index in [9.17, 15) is 99.0 Å². The van der Waals surface area contributed by atoms with Gasteiger partial charge in [0.2, 0.25) is 0 Å². The van der Waals surface area contributed by atoms with Gasteiger partial charge in [0.1, 0.15) is 61.0 Å². The zero-order valence-corrected chi connectivity index (χ0v) is 39.7. The van der Waals surface area contributed by atoms with Crippen molar-refractivity contribution < 1.29 is 150 Å². The first-order valence-electron chi connectivity index (χ1n) is 11.2. The van der Waals surface area contributed by atoms with Crippen LogP contribution in [0.2, 0.25) is 0 Å². The van der Waals surface area contributed by atoms with Crippen molar-refractivity contribution in [3.63, 3.8) is 0 Å². The summed E-state index contributed by atoms with van der Waals surface area (Å²) in [6, 6.07) is 0. The molecule has 54 heavy (non-hydrogen) atoms. The van der Waals surface area contributed by atoms with Gasteiger partial charge in [-0.25, -0.2) is 0 Å². The summed E-state index contributed by atoms with van der Waals surface area (Å²) in [5, 5.41) is 179. The molecule has 294 valence electrons. The minimum atomic E-state index is -2.44. The molecule has 10 unspecified atom stereocenters. The Morgan fingerprint density at radius 3 is 0.278 bits per heavy atom. The molecule has 4 radical (unpaired) electrons. The monoisotopic (exact) mass is 1260 g/mol. The molecular formula is C20H20Ba2O30Sb2. The van der Waals surface area contributed by atoms with Crippen molar-refractivity contribution in [3.05, 3.63) is 0 Å². The molecule has 0 bridgehead atoms. The molecule has 0 rings (SSSR count). The molecule has 30 nitrogen and oxygen atoms in total. The van der Waals surface area contributed by atoms with Crippen LogP contribution in [0.15, 0.2) is 0 Å². The van der Waals surface area contributed by atoms with Gasteiger partial charge in [0.15, 0.2) is 0 Å². The van der Waals surface area contributed by atoms with E-state index in [1.54, 1.807) is 0 Å². The molecule has 0 aromatic carbocycles. The quantitative estimate of drug-likeness (QED) is 0.0681. The van der Waals surface area contributed by atoms with Crippen LogP contribution in [-0.2, 0) is 47.9 Å². The number of aliphatic hydroxyl groups excluding tert-OH is 10. The van der Waals surface area contributed by atoms with Gasteiger partial charge < -0.3 is 150 Å². The normalized spacial score (nSPS) is 14.6. The SMILES string of the molecule is O=C([O-])C(O)C(O)C(=O)[O-].O=C([O-])C(O)C(O)C(=O)[O-].O=C([O-])C(O)C(O)C(=O)[O-].O=C([O-])C(O)C(O)C(=O)[O-].O=C([O-])C(O)C(O)C(=O)[O-].[Ba+2].[Ba+2].[Sb+3].[Sb+3]. The second-order valence-electron chi connectivity index (χ2n) is 7.64. The van der Waals surface area contributed by atoms with Crippen LogP contribution in [0.1, 0.15) is 0 Å². The van der Waals surface area contributed by atoms with E-state index in [2.05, 4.69) is 0 Å². The average molecular weight is 1260 g/mol. The third-order valence-electron chi connectivity index (χ3n) is 3.91. The van der Waals surface area contributed by atoms with Gasteiger partial charge >= 0.3 is 147 Å². The average Bonchev–Trinajstić information content (AvgIpc) is 3.01. The van der Waals surface area contributed by atoms with Crippen molar-refractivity contribution in [1.29, 1.82) is 0 Å². The fraction of sp³-hybridized carbons (Fsp3) is 0.500. The number of carboxylic acids is 10. The van der Waals surface area contributed by atoms with Gasteiger partial charge in [-0.05, 0) is 0 Å². The molecule has 0 saturated heterocycles. The molecule has 0 aliphatic rings. The number of aliphatic hydroxyl groups is 10. The van der Waals surface area contributed by atoms with Crippen LogP contribution in [0, 0.1) is 0 Å². The maximum atomic E-state index is 9.63. The maximum absolute atomic E-state index is 9.63. The molecule has 0 saturated carbocycles. The van der Waals surface area contributed by atoms with E-state index in [0.717, 1.165) is 0 Å². The predicted octanol–water partition coefficient (Wildman–Crippen LogP) is -25.5. The summed E-state index contributed by atoms with van der Waals surface area (Å²) in [4.78, 5) is 96.3. The number of carbonyl (C=O) groups excluding carboxylic acids is 10.